The van der Waals surface area contributed by atoms with E-state index in [1.807, 2.05) is 24.3 Å². The summed E-state index contributed by atoms with van der Waals surface area (Å²) in [4.78, 5) is 35.6. The summed E-state index contributed by atoms with van der Waals surface area (Å²) >= 11 is 5.88. The molecule has 1 saturated carbocycles. The van der Waals surface area contributed by atoms with E-state index in [1.54, 1.807) is 0 Å². The number of aryl methyl sites for hydroxylation is 1. The van der Waals surface area contributed by atoms with Gasteiger partial charge in [0.05, 0.1) is 0 Å². The van der Waals surface area contributed by atoms with Crippen molar-refractivity contribution in [2.75, 3.05) is 13.1 Å². The molecule has 28 heavy (non-hydrogen) atoms. The van der Waals surface area contributed by atoms with Crippen LogP contribution in [0.1, 0.15) is 37.7 Å². The number of halogens is 1. The smallest absolute Gasteiger partial charge is 0.315 e. The maximum atomic E-state index is 12.4. The first-order chi connectivity index (χ1) is 13.5. The van der Waals surface area contributed by atoms with Crippen LogP contribution >= 0.6 is 11.6 Å². The van der Waals surface area contributed by atoms with Crippen LogP contribution in [0.25, 0.3) is 0 Å². The van der Waals surface area contributed by atoms with Crippen LogP contribution in [0, 0.1) is 5.92 Å². The van der Waals surface area contributed by atoms with Gasteiger partial charge in [0.2, 0.25) is 11.8 Å². The molecule has 1 heterocycles. The van der Waals surface area contributed by atoms with E-state index in [2.05, 4.69) is 21.3 Å². The number of benzene rings is 1. The molecule has 2 fully saturated rings. The van der Waals surface area contributed by atoms with Gasteiger partial charge in [0.1, 0.15) is 6.04 Å². The highest BCUT2D eigenvalue weighted by molar-refractivity contribution is 6.30. The van der Waals surface area contributed by atoms with Crippen molar-refractivity contribution in [1.29, 1.82) is 0 Å². The second kappa shape index (κ2) is 9.78. The van der Waals surface area contributed by atoms with Gasteiger partial charge in [-0.15, -0.1) is 0 Å². The molecular weight excluding hydrogens is 380 g/mol. The van der Waals surface area contributed by atoms with Gasteiger partial charge >= 0.3 is 6.03 Å². The standard InChI is InChI=1S/C20H27ClN4O3/c21-15-7-3-13(4-8-15)2-1-11-22-18(26)14-5-9-16(10-6-14)24-19(27)17-12-23-20(28)25-17/h3-4,7-8,14,16-17H,1-2,5-6,9-12H2,(H,22,26)(H,24,27)(H2,23,25,28). The summed E-state index contributed by atoms with van der Waals surface area (Å²) in [6.07, 6.45) is 4.89. The largest absolute Gasteiger partial charge is 0.356 e. The predicted octanol–water partition coefficient (Wildman–Crippen LogP) is 1.75. The highest BCUT2D eigenvalue weighted by Gasteiger charge is 2.31. The minimum absolute atomic E-state index is 0.0107. The third kappa shape index (κ3) is 5.86. The Kier molecular flexibility index (Phi) is 7.14. The van der Waals surface area contributed by atoms with Crippen LogP contribution in [0.5, 0.6) is 0 Å². The van der Waals surface area contributed by atoms with Gasteiger partial charge in [-0.05, 0) is 56.2 Å². The summed E-state index contributed by atoms with van der Waals surface area (Å²) in [6, 6.07) is 7.03. The maximum Gasteiger partial charge on any atom is 0.315 e. The van der Waals surface area contributed by atoms with Crippen LogP contribution in [0.4, 0.5) is 4.79 Å². The van der Waals surface area contributed by atoms with E-state index in [0.717, 1.165) is 43.5 Å². The normalized spacial score (nSPS) is 24.2. The van der Waals surface area contributed by atoms with Crippen molar-refractivity contribution in [1.82, 2.24) is 21.3 Å². The van der Waals surface area contributed by atoms with E-state index < -0.39 is 6.04 Å². The summed E-state index contributed by atoms with van der Waals surface area (Å²) in [5, 5.41) is 11.9. The third-order valence-corrected chi connectivity index (χ3v) is 5.64. The fraction of sp³-hybridized carbons (Fsp3) is 0.550. The number of hydrogen-bond acceptors (Lipinski definition) is 3. The lowest BCUT2D eigenvalue weighted by Gasteiger charge is -2.29. The van der Waals surface area contributed by atoms with Crippen molar-refractivity contribution < 1.29 is 14.4 Å². The van der Waals surface area contributed by atoms with E-state index in [0.29, 0.717) is 13.1 Å². The Bertz CT molecular complexity index is 702. The fourth-order valence-electron chi connectivity index (χ4n) is 3.71. The lowest BCUT2D eigenvalue weighted by Crippen LogP contribution is -2.48. The van der Waals surface area contributed by atoms with E-state index in [-0.39, 0.29) is 29.8 Å². The first kappa shape index (κ1) is 20.5. The number of nitrogens with one attached hydrogen (secondary N) is 4. The number of hydrogen-bond donors (Lipinski definition) is 4. The molecule has 1 aromatic rings. The average molecular weight is 407 g/mol. The Labute approximate surface area is 170 Å². The lowest BCUT2D eigenvalue weighted by molar-refractivity contribution is -0.126. The van der Waals surface area contributed by atoms with Crippen LogP contribution in [0.15, 0.2) is 24.3 Å². The van der Waals surface area contributed by atoms with Crippen molar-refractivity contribution in [3.05, 3.63) is 34.9 Å². The molecule has 1 unspecified atom stereocenters. The third-order valence-electron chi connectivity index (χ3n) is 5.39. The highest BCUT2D eigenvalue weighted by atomic mass is 35.5. The lowest BCUT2D eigenvalue weighted by atomic mass is 9.85. The molecule has 1 saturated heterocycles. The Morgan fingerprint density at radius 3 is 2.43 bits per heavy atom. The van der Waals surface area contributed by atoms with E-state index in [4.69, 9.17) is 11.6 Å². The summed E-state index contributed by atoms with van der Waals surface area (Å²) in [7, 11) is 0. The van der Waals surface area contributed by atoms with Crippen molar-refractivity contribution in [2.45, 2.75) is 50.6 Å². The molecule has 0 radical (unpaired) electrons. The maximum absolute atomic E-state index is 12.4. The molecule has 2 aliphatic rings. The quantitative estimate of drug-likeness (QED) is 0.519. The molecular formula is C20H27ClN4O3. The van der Waals surface area contributed by atoms with E-state index in [1.165, 1.54) is 5.56 Å². The minimum atomic E-state index is -0.505. The predicted molar refractivity (Wildman–Crippen MR) is 107 cm³/mol. The molecule has 4 N–H and O–H groups in total. The SMILES string of the molecule is O=C1NCC(C(=O)NC2CCC(C(=O)NCCCc3ccc(Cl)cc3)CC2)N1. The molecule has 152 valence electrons. The summed E-state index contributed by atoms with van der Waals surface area (Å²) < 4.78 is 0. The van der Waals surface area contributed by atoms with Gasteiger partial charge in [0, 0.05) is 30.1 Å². The van der Waals surface area contributed by atoms with Crippen LogP contribution < -0.4 is 21.3 Å². The molecule has 3 rings (SSSR count). The molecule has 0 aromatic heterocycles. The minimum Gasteiger partial charge on any atom is -0.356 e. The molecule has 7 nitrogen and oxygen atoms in total. The second-order valence-corrected chi connectivity index (χ2v) is 7.92. The van der Waals surface area contributed by atoms with Crippen molar-refractivity contribution in [3.63, 3.8) is 0 Å². The number of carbonyl (C=O) groups excluding carboxylic acids is 3. The van der Waals surface area contributed by atoms with Gasteiger partial charge in [0.15, 0.2) is 0 Å². The van der Waals surface area contributed by atoms with Crippen molar-refractivity contribution in [2.24, 2.45) is 5.92 Å². The topological polar surface area (TPSA) is 99.3 Å². The van der Waals surface area contributed by atoms with Gasteiger partial charge in [0.25, 0.3) is 0 Å². The summed E-state index contributed by atoms with van der Waals surface area (Å²) in [6.45, 7) is 0.977. The number of rotatable bonds is 7. The van der Waals surface area contributed by atoms with Crippen LogP contribution in [-0.4, -0.2) is 43.0 Å². The highest BCUT2D eigenvalue weighted by Crippen LogP contribution is 2.24. The Morgan fingerprint density at radius 1 is 1.07 bits per heavy atom. The number of carbonyl (C=O) groups is 3. The molecule has 0 spiro atoms. The molecule has 1 atom stereocenters. The van der Waals surface area contributed by atoms with Gasteiger partial charge in [-0.3, -0.25) is 9.59 Å². The zero-order chi connectivity index (χ0) is 19.9. The van der Waals surface area contributed by atoms with Gasteiger partial charge in [-0.2, -0.15) is 0 Å². The van der Waals surface area contributed by atoms with E-state index >= 15 is 0 Å². The van der Waals surface area contributed by atoms with Gasteiger partial charge in [-0.25, -0.2) is 4.79 Å². The number of amides is 4. The van der Waals surface area contributed by atoms with Gasteiger partial charge < -0.3 is 21.3 Å². The monoisotopic (exact) mass is 406 g/mol. The second-order valence-electron chi connectivity index (χ2n) is 7.49. The number of urea groups is 1. The fourth-order valence-corrected chi connectivity index (χ4v) is 3.84. The van der Waals surface area contributed by atoms with Gasteiger partial charge in [-0.1, -0.05) is 23.7 Å². The summed E-state index contributed by atoms with van der Waals surface area (Å²) in [5.41, 5.74) is 1.21. The molecule has 1 aromatic carbocycles. The van der Waals surface area contributed by atoms with Crippen LogP contribution in [0.3, 0.4) is 0 Å². The first-order valence-electron chi connectivity index (χ1n) is 9.88. The van der Waals surface area contributed by atoms with E-state index in [9.17, 15) is 14.4 Å². The van der Waals surface area contributed by atoms with Crippen molar-refractivity contribution in [3.8, 4) is 0 Å². The Hall–Kier alpha value is -2.28. The average Bonchev–Trinajstić information content (AvgIpc) is 3.13. The Morgan fingerprint density at radius 2 is 1.79 bits per heavy atom. The molecule has 8 heteroatoms. The first-order valence-corrected chi connectivity index (χ1v) is 10.3. The van der Waals surface area contributed by atoms with Crippen LogP contribution in [-0.2, 0) is 16.0 Å². The molecule has 1 aliphatic heterocycles. The summed E-state index contributed by atoms with van der Waals surface area (Å²) in [5.74, 6) is -0.0434. The molecule has 0 bridgehead atoms. The zero-order valence-electron chi connectivity index (χ0n) is 15.8. The Balaban J connectivity index is 1.30. The molecule has 1 aliphatic carbocycles. The van der Waals surface area contributed by atoms with Crippen LogP contribution in [0.2, 0.25) is 5.02 Å². The molecule has 4 amide bonds. The van der Waals surface area contributed by atoms with Crippen molar-refractivity contribution >= 4 is 29.4 Å². The zero-order valence-corrected chi connectivity index (χ0v) is 16.6.